The van der Waals surface area contributed by atoms with Crippen LogP contribution in [0.2, 0.25) is 5.22 Å². The fourth-order valence-electron chi connectivity index (χ4n) is 1.30. The van der Waals surface area contributed by atoms with Gasteiger partial charge in [-0.15, -0.1) is 11.6 Å². The summed E-state index contributed by atoms with van der Waals surface area (Å²) in [5.41, 5.74) is 0.353. The van der Waals surface area contributed by atoms with Gasteiger partial charge in [-0.25, -0.2) is 0 Å². The van der Waals surface area contributed by atoms with Gasteiger partial charge in [-0.2, -0.15) is 0 Å². The molecule has 1 heterocycles. The van der Waals surface area contributed by atoms with Gasteiger partial charge in [-0.05, 0) is 37.9 Å². The van der Waals surface area contributed by atoms with Gasteiger partial charge < -0.3 is 9.73 Å². The molecule has 0 fully saturated rings. The topological polar surface area (TPSA) is 42.2 Å². The van der Waals surface area contributed by atoms with Crippen molar-refractivity contribution in [2.45, 2.75) is 31.7 Å². The Labute approximate surface area is 98.7 Å². The van der Waals surface area contributed by atoms with Crippen molar-refractivity contribution in [3.05, 3.63) is 23.1 Å². The number of alkyl halides is 1. The second kappa shape index (κ2) is 5.42. The lowest BCUT2D eigenvalue weighted by Gasteiger charge is -2.14. The van der Waals surface area contributed by atoms with E-state index in [1.807, 2.05) is 13.8 Å². The maximum absolute atomic E-state index is 11.6. The zero-order valence-electron chi connectivity index (χ0n) is 8.59. The van der Waals surface area contributed by atoms with E-state index in [2.05, 4.69) is 5.32 Å². The van der Waals surface area contributed by atoms with E-state index in [0.29, 0.717) is 12.0 Å². The Morgan fingerprint density at radius 1 is 1.60 bits per heavy atom. The van der Waals surface area contributed by atoms with Gasteiger partial charge in [0, 0.05) is 11.4 Å². The van der Waals surface area contributed by atoms with E-state index in [1.165, 1.54) is 12.3 Å². The summed E-state index contributed by atoms with van der Waals surface area (Å²) >= 11 is 11.5. The van der Waals surface area contributed by atoms with Gasteiger partial charge in [0.1, 0.15) is 0 Å². The van der Waals surface area contributed by atoms with Crippen LogP contribution in [0.4, 0.5) is 0 Å². The molecule has 0 saturated heterocycles. The molecule has 1 amide bonds. The summed E-state index contributed by atoms with van der Waals surface area (Å²) in [6.07, 6.45) is 2.09. The normalized spacial score (nSPS) is 14.7. The predicted octanol–water partition coefficient (Wildman–Crippen LogP) is 3.07. The van der Waals surface area contributed by atoms with Crippen molar-refractivity contribution in [3.8, 4) is 0 Å². The van der Waals surface area contributed by atoms with E-state index in [-0.39, 0.29) is 22.5 Å². The molecule has 84 valence electrons. The Bertz CT molecular complexity index is 336. The molecule has 0 aliphatic carbocycles. The molecule has 0 spiro atoms. The molecule has 0 saturated carbocycles. The zero-order valence-corrected chi connectivity index (χ0v) is 10.1. The number of nitrogens with one attached hydrogen (secondary N) is 1. The zero-order chi connectivity index (χ0) is 11.4. The second-order valence-corrected chi connectivity index (χ2v) is 4.59. The third-order valence-corrected chi connectivity index (χ3v) is 2.39. The fraction of sp³-hybridized carbons (Fsp3) is 0.500. The molecule has 3 nitrogen and oxygen atoms in total. The number of carbonyl (C=O) groups excluding carboxylic acids is 1. The molecule has 1 aromatic rings. The van der Waals surface area contributed by atoms with Crippen LogP contribution in [0.5, 0.6) is 0 Å². The van der Waals surface area contributed by atoms with Gasteiger partial charge in [0.2, 0.25) is 5.22 Å². The molecule has 1 rings (SSSR count). The average Bonchev–Trinajstić information content (AvgIpc) is 2.49. The first-order valence-corrected chi connectivity index (χ1v) is 5.50. The maximum atomic E-state index is 11.6. The van der Waals surface area contributed by atoms with Crippen LogP contribution in [-0.4, -0.2) is 17.3 Å². The number of rotatable bonds is 4. The van der Waals surface area contributed by atoms with E-state index in [1.54, 1.807) is 0 Å². The number of halogens is 2. The highest BCUT2D eigenvalue weighted by Crippen LogP contribution is 2.16. The molecule has 2 atom stereocenters. The Hall–Kier alpha value is -0.670. The number of hydrogen-bond donors (Lipinski definition) is 1. The van der Waals surface area contributed by atoms with Crippen LogP contribution in [0.3, 0.4) is 0 Å². The van der Waals surface area contributed by atoms with Gasteiger partial charge in [-0.3, -0.25) is 4.79 Å². The molecule has 0 aliphatic heterocycles. The number of amides is 1. The van der Waals surface area contributed by atoms with Crippen LogP contribution in [-0.2, 0) is 0 Å². The van der Waals surface area contributed by atoms with E-state index in [0.717, 1.165) is 0 Å². The number of hydrogen-bond acceptors (Lipinski definition) is 2. The molecule has 0 radical (unpaired) electrons. The first-order chi connectivity index (χ1) is 7.00. The average molecular weight is 250 g/mol. The third kappa shape index (κ3) is 3.76. The minimum atomic E-state index is -0.237. The Morgan fingerprint density at radius 2 is 2.27 bits per heavy atom. The molecule has 2 unspecified atom stereocenters. The molecule has 15 heavy (non-hydrogen) atoms. The standard InChI is InChI=1S/C10H13Cl2NO2/c1-6(11)5-7(2)13-10(14)8-3-4-15-9(8)12/h3-4,6-7H,5H2,1-2H3,(H,13,14). The van der Waals surface area contributed by atoms with Gasteiger partial charge in [0.25, 0.3) is 5.91 Å². The van der Waals surface area contributed by atoms with Crippen LogP contribution >= 0.6 is 23.2 Å². The highest BCUT2D eigenvalue weighted by Gasteiger charge is 2.15. The molecule has 0 aliphatic rings. The van der Waals surface area contributed by atoms with Crippen LogP contribution in [0.15, 0.2) is 16.7 Å². The highest BCUT2D eigenvalue weighted by molar-refractivity contribution is 6.32. The van der Waals surface area contributed by atoms with Crippen molar-refractivity contribution in [2.24, 2.45) is 0 Å². The van der Waals surface area contributed by atoms with E-state index < -0.39 is 0 Å². The van der Waals surface area contributed by atoms with E-state index in [4.69, 9.17) is 27.6 Å². The summed E-state index contributed by atoms with van der Waals surface area (Å²) in [6, 6.07) is 1.55. The summed E-state index contributed by atoms with van der Waals surface area (Å²) in [4.78, 5) is 11.6. The Balaban J connectivity index is 2.53. The lowest BCUT2D eigenvalue weighted by atomic mass is 10.2. The summed E-state index contributed by atoms with van der Waals surface area (Å²) in [6.45, 7) is 3.78. The van der Waals surface area contributed by atoms with Crippen LogP contribution < -0.4 is 5.32 Å². The number of carbonyl (C=O) groups is 1. The molecule has 0 aromatic carbocycles. The van der Waals surface area contributed by atoms with Crippen molar-refractivity contribution < 1.29 is 9.21 Å². The Morgan fingerprint density at radius 3 is 2.73 bits per heavy atom. The van der Waals surface area contributed by atoms with Crippen LogP contribution in [0.25, 0.3) is 0 Å². The van der Waals surface area contributed by atoms with Gasteiger partial charge >= 0.3 is 0 Å². The SMILES string of the molecule is CC(Cl)CC(C)NC(=O)c1ccoc1Cl. The van der Waals surface area contributed by atoms with E-state index >= 15 is 0 Å². The maximum Gasteiger partial charge on any atom is 0.256 e. The summed E-state index contributed by atoms with van der Waals surface area (Å²) in [7, 11) is 0. The fourth-order valence-corrected chi connectivity index (χ4v) is 1.77. The van der Waals surface area contributed by atoms with Crippen molar-refractivity contribution in [1.82, 2.24) is 5.32 Å². The van der Waals surface area contributed by atoms with Crippen molar-refractivity contribution >= 4 is 29.1 Å². The summed E-state index contributed by atoms with van der Waals surface area (Å²) in [5, 5.41) is 2.92. The first-order valence-electron chi connectivity index (χ1n) is 4.68. The van der Waals surface area contributed by atoms with E-state index in [9.17, 15) is 4.79 Å². The van der Waals surface area contributed by atoms with Crippen molar-refractivity contribution in [3.63, 3.8) is 0 Å². The van der Waals surface area contributed by atoms with Gasteiger partial charge in [0.05, 0.1) is 11.8 Å². The van der Waals surface area contributed by atoms with Crippen LogP contribution in [0, 0.1) is 0 Å². The monoisotopic (exact) mass is 249 g/mol. The molecule has 0 bridgehead atoms. The number of furan rings is 1. The second-order valence-electron chi connectivity index (χ2n) is 3.50. The van der Waals surface area contributed by atoms with Crippen molar-refractivity contribution in [2.75, 3.05) is 0 Å². The van der Waals surface area contributed by atoms with Gasteiger partial charge in [-0.1, -0.05) is 0 Å². The lowest BCUT2D eigenvalue weighted by Crippen LogP contribution is -2.33. The minimum Gasteiger partial charge on any atom is -0.452 e. The summed E-state index contributed by atoms with van der Waals surface area (Å²) < 4.78 is 4.83. The molecule has 1 N–H and O–H groups in total. The molecular formula is C10H13Cl2NO2. The minimum absolute atomic E-state index is 0.0102. The Kier molecular flexibility index (Phi) is 4.48. The quantitative estimate of drug-likeness (QED) is 0.834. The van der Waals surface area contributed by atoms with Crippen molar-refractivity contribution in [1.29, 1.82) is 0 Å². The summed E-state index contributed by atoms with van der Waals surface area (Å²) in [5.74, 6) is -0.237. The molecular weight excluding hydrogens is 237 g/mol. The highest BCUT2D eigenvalue weighted by atomic mass is 35.5. The molecule has 1 aromatic heterocycles. The van der Waals surface area contributed by atoms with Gasteiger partial charge in [0.15, 0.2) is 0 Å². The van der Waals surface area contributed by atoms with Crippen LogP contribution in [0.1, 0.15) is 30.6 Å². The predicted molar refractivity (Wildman–Crippen MR) is 60.6 cm³/mol. The first kappa shape index (κ1) is 12.4. The smallest absolute Gasteiger partial charge is 0.256 e. The largest absolute Gasteiger partial charge is 0.452 e. The lowest BCUT2D eigenvalue weighted by molar-refractivity contribution is 0.0938. The molecule has 5 heteroatoms. The third-order valence-electron chi connectivity index (χ3n) is 1.92.